The minimum Gasteiger partial charge on any atom is -0.459 e. The van der Waals surface area contributed by atoms with Crippen LogP contribution in [0.1, 0.15) is 34.6 Å². The maximum atomic E-state index is 12.1. The molecule has 2 atom stereocenters. The van der Waals surface area contributed by atoms with E-state index in [4.69, 9.17) is 9.02 Å². The van der Waals surface area contributed by atoms with Crippen molar-refractivity contribution in [3.8, 4) is 0 Å². The van der Waals surface area contributed by atoms with Crippen LogP contribution in [0.4, 0.5) is 5.69 Å². The number of benzene rings is 1. The van der Waals surface area contributed by atoms with Crippen molar-refractivity contribution in [3.63, 3.8) is 0 Å². The summed E-state index contributed by atoms with van der Waals surface area (Å²) in [6, 6.07) is 4.31. The van der Waals surface area contributed by atoms with Gasteiger partial charge in [0, 0.05) is 12.1 Å². The van der Waals surface area contributed by atoms with Gasteiger partial charge >= 0.3 is 5.97 Å². The fourth-order valence-electron chi connectivity index (χ4n) is 1.64. The first kappa shape index (κ1) is 20.2. The molecule has 0 heterocycles. The highest BCUT2D eigenvalue weighted by Gasteiger charge is 2.28. The fourth-order valence-corrected chi connectivity index (χ4v) is 2.29. The molecule has 0 aliphatic carbocycles. The molecule has 8 nitrogen and oxygen atoms in total. The van der Waals surface area contributed by atoms with E-state index in [0.717, 1.165) is 0 Å². The van der Waals surface area contributed by atoms with Gasteiger partial charge in [-0.15, -0.1) is 0 Å². The third kappa shape index (κ3) is 6.34. The quantitative estimate of drug-likeness (QED) is 0.453. The molecule has 0 bridgehead atoms. The second kappa shape index (κ2) is 8.32. The molecule has 2 unspecified atom stereocenters. The number of esters is 1. The van der Waals surface area contributed by atoms with Gasteiger partial charge in [0.25, 0.3) is 5.69 Å². The summed E-state index contributed by atoms with van der Waals surface area (Å²) in [5, 5.41) is 10.6. The summed E-state index contributed by atoms with van der Waals surface area (Å²) in [5.41, 5.74) is 1.71. The van der Waals surface area contributed by atoms with Gasteiger partial charge in [0.2, 0.25) is 11.1 Å². The molecule has 9 heteroatoms. The number of hydrogen-bond acceptors (Lipinski definition) is 7. The van der Waals surface area contributed by atoms with Crippen LogP contribution in [-0.2, 0) is 24.9 Å². The van der Waals surface area contributed by atoms with Gasteiger partial charge in [-0.05, 0) is 38.8 Å². The van der Waals surface area contributed by atoms with Gasteiger partial charge in [0.15, 0.2) is 0 Å². The zero-order valence-corrected chi connectivity index (χ0v) is 15.1. The van der Waals surface area contributed by atoms with Gasteiger partial charge in [-0.2, -0.15) is 9.76 Å². The van der Waals surface area contributed by atoms with Crippen LogP contribution >= 0.6 is 0 Å². The minimum atomic E-state index is -1.92. The van der Waals surface area contributed by atoms with E-state index in [1.54, 1.807) is 34.6 Å². The van der Waals surface area contributed by atoms with E-state index in [1.807, 2.05) is 0 Å². The Bertz CT molecular complexity index is 609. The predicted octanol–water partition coefficient (Wildman–Crippen LogP) is 2.50. The van der Waals surface area contributed by atoms with Crippen molar-refractivity contribution in [3.05, 3.63) is 34.4 Å². The Balaban J connectivity index is 2.71. The molecule has 0 spiro atoms. The Morgan fingerprint density at radius 1 is 1.25 bits per heavy atom. The lowest BCUT2D eigenvalue weighted by molar-refractivity contribution is -0.384. The lowest BCUT2D eigenvalue weighted by atomic mass is 10.1. The highest BCUT2D eigenvalue weighted by atomic mass is 32.2. The number of hydroxylamine groups is 1. The first-order valence-corrected chi connectivity index (χ1v) is 8.40. The molecule has 24 heavy (non-hydrogen) atoms. The molecule has 0 fully saturated rings. The van der Waals surface area contributed by atoms with Gasteiger partial charge < -0.3 is 4.74 Å². The highest BCUT2D eigenvalue weighted by Crippen LogP contribution is 2.16. The number of nitro groups is 1. The molecule has 0 saturated carbocycles. The summed E-state index contributed by atoms with van der Waals surface area (Å²) >= 11 is -1.92. The van der Waals surface area contributed by atoms with E-state index in [-0.39, 0.29) is 16.5 Å². The van der Waals surface area contributed by atoms with Crippen molar-refractivity contribution in [1.29, 1.82) is 0 Å². The lowest BCUT2D eigenvalue weighted by Gasteiger charge is -2.25. The van der Waals surface area contributed by atoms with Crippen molar-refractivity contribution in [2.45, 2.75) is 51.2 Å². The Labute approximate surface area is 143 Å². The monoisotopic (exact) mass is 358 g/mol. The highest BCUT2D eigenvalue weighted by molar-refractivity contribution is 7.80. The number of non-ortho nitro benzene ring substituents is 1. The first-order valence-electron chi connectivity index (χ1n) is 7.33. The number of rotatable bonds is 7. The second-order valence-electron chi connectivity index (χ2n) is 6.44. The molecule has 0 radical (unpaired) electrons. The second-order valence-corrected chi connectivity index (χ2v) is 7.55. The normalized spacial score (nSPS) is 14.2. The van der Waals surface area contributed by atoms with E-state index in [9.17, 15) is 19.1 Å². The number of nitro benzene ring substituents is 1. The fraction of sp³-hybridized carbons (Fsp3) is 0.533. The molecule has 0 aromatic heterocycles. The van der Waals surface area contributed by atoms with Gasteiger partial charge in [0.05, 0.1) is 9.82 Å². The lowest BCUT2D eigenvalue weighted by Crippen LogP contribution is -2.44. The van der Waals surface area contributed by atoms with Crippen LogP contribution in [0.2, 0.25) is 0 Å². The topological polar surface area (TPSA) is 108 Å². The SMILES string of the molecule is CC(C)C(NOS(=O)c1ccc([N+](=O)[O-])cc1)C(=O)OC(C)(C)C. The van der Waals surface area contributed by atoms with Gasteiger partial charge in [-0.25, -0.2) is 4.21 Å². The van der Waals surface area contributed by atoms with E-state index in [1.165, 1.54) is 24.3 Å². The smallest absolute Gasteiger partial charge is 0.326 e. The standard InChI is InChI=1S/C15H22N2O6S/c1-10(2)13(14(18)22-15(3,4)5)16-23-24(21)12-8-6-11(7-9-12)17(19)20/h6-10,13,16H,1-5H3. The average molecular weight is 358 g/mol. The first-order chi connectivity index (χ1) is 11.0. The van der Waals surface area contributed by atoms with E-state index in [2.05, 4.69) is 5.48 Å². The number of ether oxygens (including phenoxy) is 1. The number of carbonyl (C=O) groups excluding carboxylic acids is 1. The van der Waals surface area contributed by atoms with Crippen molar-refractivity contribution in [2.24, 2.45) is 5.92 Å². The van der Waals surface area contributed by atoms with Crippen LogP contribution in [0.3, 0.4) is 0 Å². The summed E-state index contributed by atoms with van der Waals surface area (Å²) in [5.74, 6) is -0.674. The molecule has 1 N–H and O–H groups in total. The van der Waals surface area contributed by atoms with Gasteiger partial charge in [-0.1, -0.05) is 13.8 Å². The number of carbonyl (C=O) groups is 1. The van der Waals surface area contributed by atoms with Crippen LogP contribution in [0.5, 0.6) is 0 Å². The van der Waals surface area contributed by atoms with Crippen molar-refractivity contribution >= 4 is 22.7 Å². The van der Waals surface area contributed by atoms with Crippen molar-refractivity contribution in [1.82, 2.24) is 5.48 Å². The molecule has 1 aromatic carbocycles. The van der Waals surface area contributed by atoms with Gasteiger partial charge in [-0.3, -0.25) is 14.9 Å². The number of nitrogens with one attached hydrogen (secondary N) is 1. The Morgan fingerprint density at radius 3 is 2.21 bits per heavy atom. The molecule has 0 amide bonds. The summed E-state index contributed by atoms with van der Waals surface area (Å²) in [6.45, 7) is 8.83. The molecule has 134 valence electrons. The van der Waals surface area contributed by atoms with E-state index in [0.29, 0.717) is 0 Å². The van der Waals surface area contributed by atoms with E-state index >= 15 is 0 Å². The maximum Gasteiger partial charge on any atom is 0.326 e. The number of nitrogens with zero attached hydrogens (tertiary/aromatic N) is 1. The Morgan fingerprint density at radius 2 is 1.79 bits per heavy atom. The molecule has 1 rings (SSSR count). The average Bonchev–Trinajstić information content (AvgIpc) is 2.45. The van der Waals surface area contributed by atoms with Crippen LogP contribution < -0.4 is 5.48 Å². The Kier molecular flexibility index (Phi) is 7.00. The molecule has 1 aromatic rings. The third-order valence-electron chi connectivity index (χ3n) is 2.82. The maximum absolute atomic E-state index is 12.1. The molecular formula is C15H22N2O6S. The molecule has 0 saturated heterocycles. The number of hydrogen-bond donors (Lipinski definition) is 1. The van der Waals surface area contributed by atoms with Crippen molar-refractivity contribution < 1.29 is 22.9 Å². The van der Waals surface area contributed by atoms with Crippen LogP contribution in [-0.4, -0.2) is 26.7 Å². The molecular weight excluding hydrogens is 336 g/mol. The van der Waals surface area contributed by atoms with Gasteiger partial charge in [0.1, 0.15) is 11.6 Å². The van der Waals surface area contributed by atoms with E-state index < -0.39 is 33.6 Å². The molecule has 0 aliphatic heterocycles. The predicted molar refractivity (Wildman–Crippen MR) is 88.2 cm³/mol. The summed E-state index contributed by atoms with van der Waals surface area (Å²) < 4.78 is 22.4. The zero-order valence-electron chi connectivity index (χ0n) is 14.3. The minimum absolute atomic E-state index is 0.113. The van der Waals surface area contributed by atoms with Crippen molar-refractivity contribution in [2.75, 3.05) is 0 Å². The largest absolute Gasteiger partial charge is 0.459 e. The summed E-state index contributed by atoms with van der Waals surface area (Å²) in [7, 11) is 0. The van der Waals surface area contributed by atoms with Crippen LogP contribution in [0.15, 0.2) is 29.2 Å². The van der Waals surface area contributed by atoms with Crippen LogP contribution in [0, 0.1) is 16.0 Å². The third-order valence-corrected chi connectivity index (χ3v) is 3.72. The molecule has 0 aliphatic rings. The summed E-state index contributed by atoms with van der Waals surface area (Å²) in [6.07, 6.45) is 0. The summed E-state index contributed by atoms with van der Waals surface area (Å²) in [4.78, 5) is 22.4. The zero-order chi connectivity index (χ0) is 18.5. The Hall–Kier alpha value is -1.84. The van der Waals surface area contributed by atoms with Crippen LogP contribution in [0.25, 0.3) is 0 Å².